The molecule has 5 aromatic rings. The van der Waals surface area contributed by atoms with Crippen LogP contribution in [-0.4, -0.2) is 22.0 Å². The van der Waals surface area contributed by atoms with Gasteiger partial charge < -0.3 is 0 Å². The van der Waals surface area contributed by atoms with E-state index in [0.717, 1.165) is 28.3 Å². The lowest BCUT2D eigenvalue weighted by Gasteiger charge is -2.31. The van der Waals surface area contributed by atoms with E-state index in [1.807, 2.05) is 48.5 Å². The van der Waals surface area contributed by atoms with Crippen LogP contribution in [0.1, 0.15) is 38.5 Å². The number of benzene rings is 5. The summed E-state index contributed by atoms with van der Waals surface area (Å²) < 4.78 is 52.2. The molecule has 0 N–H and O–H groups in total. The molecule has 0 radical (unpaired) electrons. The van der Waals surface area contributed by atoms with Crippen LogP contribution in [-0.2, 0) is 28.2 Å². The first-order chi connectivity index (χ1) is 19.1. The molecule has 3 unspecified atom stereocenters. The molecule has 0 fully saturated rings. The molecule has 0 aliphatic heterocycles. The number of fused-ring (bicyclic) bond motifs is 5. The Labute approximate surface area is 231 Å². The van der Waals surface area contributed by atoms with E-state index in [0.29, 0.717) is 27.0 Å². The van der Waals surface area contributed by atoms with Crippen LogP contribution in [0, 0.1) is 5.92 Å². The Bertz CT molecular complexity index is 1840. The van der Waals surface area contributed by atoms with Crippen molar-refractivity contribution in [2.45, 2.75) is 23.4 Å². The summed E-state index contributed by atoms with van der Waals surface area (Å²) in [5.41, 5.74) is 1.09. The van der Waals surface area contributed by atoms with Crippen LogP contribution in [0.3, 0.4) is 0 Å². The number of Topliss-reactive ketones (excluding diaryl/α,β-unsaturated/α-hetero) is 2. The third-order valence-corrected chi connectivity index (χ3v) is 8.64. The highest BCUT2D eigenvalue weighted by atomic mass is 32.2. The summed E-state index contributed by atoms with van der Waals surface area (Å²) in [6.07, 6.45) is -3.11. The molecule has 0 saturated carbocycles. The fraction of sp³-hybridized carbons (Fsp3) is 0.152. The van der Waals surface area contributed by atoms with Crippen molar-refractivity contribution in [1.29, 1.82) is 0 Å². The van der Waals surface area contributed by atoms with Gasteiger partial charge in [0.15, 0.2) is 11.6 Å². The predicted octanol–water partition coefficient (Wildman–Crippen LogP) is 7.51. The molecular formula is C33H23F3O3S. The van der Waals surface area contributed by atoms with Gasteiger partial charge in [-0.05, 0) is 62.9 Å². The Balaban J connectivity index is 1.55. The summed E-state index contributed by atoms with van der Waals surface area (Å²) in [6, 6.07) is 27.1. The van der Waals surface area contributed by atoms with E-state index >= 15 is 0 Å². The molecule has 0 saturated heterocycles. The maximum atomic E-state index is 14.1. The number of rotatable bonds is 4. The molecule has 1 aliphatic carbocycles. The molecule has 40 heavy (non-hydrogen) atoms. The van der Waals surface area contributed by atoms with E-state index in [-0.39, 0.29) is 23.6 Å². The summed E-state index contributed by atoms with van der Waals surface area (Å²) >= 11 is 0. The standard InChI is InChI=1S/C33H23F3O3S/c1-40(39)23-12-9-21(10-13-23)29-27-16-15-25-24-8-3-2-6-20(24)11-14-26(25)30(27)32(38)28(31(29)37)18-19-5-4-7-22(17-19)33(34,35)36/h2-17,28-29H,18H2,1H3. The van der Waals surface area contributed by atoms with Gasteiger partial charge in [0.2, 0.25) is 0 Å². The lowest BCUT2D eigenvalue weighted by Crippen LogP contribution is -2.37. The fourth-order valence-corrected chi connectivity index (χ4v) is 6.30. The van der Waals surface area contributed by atoms with Crippen LogP contribution in [0.5, 0.6) is 0 Å². The van der Waals surface area contributed by atoms with Crippen molar-refractivity contribution in [2.24, 2.45) is 5.92 Å². The highest BCUT2D eigenvalue weighted by Gasteiger charge is 2.43. The molecule has 0 heterocycles. The van der Waals surface area contributed by atoms with Crippen molar-refractivity contribution >= 4 is 43.9 Å². The molecule has 6 rings (SSSR count). The predicted molar refractivity (Wildman–Crippen MR) is 150 cm³/mol. The molecule has 0 spiro atoms. The van der Waals surface area contributed by atoms with Gasteiger partial charge in [0, 0.05) is 27.5 Å². The summed E-state index contributed by atoms with van der Waals surface area (Å²) in [5.74, 6) is -2.70. The molecule has 0 amide bonds. The maximum Gasteiger partial charge on any atom is 0.416 e. The second-order valence-corrected chi connectivity index (χ2v) is 11.5. The van der Waals surface area contributed by atoms with Crippen LogP contribution in [0.4, 0.5) is 13.2 Å². The van der Waals surface area contributed by atoms with Crippen molar-refractivity contribution in [3.8, 4) is 0 Å². The minimum Gasteiger partial charge on any atom is -0.298 e. The normalized spacial score (nSPS) is 18.2. The van der Waals surface area contributed by atoms with E-state index in [1.54, 1.807) is 30.5 Å². The van der Waals surface area contributed by atoms with Gasteiger partial charge in [0.1, 0.15) is 0 Å². The number of halogens is 3. The van der Waals surface area contributed by atoms with E-state index in [2.05, 4.69) is 0 Å². The number of carbonyl (C=O) groups is 2. The minimum atomic E-state index is -4.54. The highest BCUT2D eigenvalue weighted by molar-refractivity contribution is 7.84. The zero-order valence-electron chi connectivity index (χ0n) is 21.4. The number of hydrogen-bond donors (Lipinski definition) is 0. The zero-order valence-corrected chi connectivity index (χ0v) is 22.2. The number of alkyl halides is 3. The highest BCUT2D eigenvalue weighted by Crippen LogP contribution is 2.42. The molecule has 0 aromatic heterocycles. The molecule has 7 heteroatoms. The number of carbonyl (C=O) groups excluding carboxylic acids is 2. The van der Waals surface area contributed by atoms with E-state index < -0.39 is 34.4 Å². The fourth-order valence-electron chi connectivity index (χ4n) is 5.78. The largest absolute Gasteiger partial charge is 0.416 e. The van der Waals surface area contributed by atoms with Gasteiger partial charge in [-0.2, -0.15) is 13.2 Å². The van der Waals surface area contributed by atoms with Crippen LogP contribution in [0.15, 0.2) is 102 Å². The van der Waals surface area contributed by atoms with Gasteiger partial charge in [-0.25, -0.2) is 0 Å². The third kappa shape index (κ3) is 4.44. The Morgan fingerprint density at radius 3 is 2.23 bits per heavy atom. The summed E-state index contributed by atoms with van der Waals surface area (Å²) in [4.78, 5) is 28.8. The van der Waals surface area contributed by atoms with E-state index in [4.69, 9.17) is 0 Å². The van der Waals surface area contributed by atoms with Crippen LogP contribution in [0.2, 0.25) is 0 Å². The molecule has 1 aliphatic rings. The van der Waals surface area contributed by atoms with Crippen molar-refractivity contribution in [1.82, 2.24) is 0 Å². The van der Waals surface area contributed by atoms with Crippen molar-refractivity contribution in [3.05, 3.63) is 125 Å². The first-order valence-corrected chi connectivity index (χ1v) is 14.3. The SMILES string of the molecule is CS(=O)c1ccc(C2C(=O)C(Cc3cccc(C(F)(F)F)c3)C(=O)c3c2ccc2c3ccc3ccccc32)cc1. The van der Waals surface area contributed by atoms with Gasteiger partial charge >= 0.3 is 6.18 Å². The van der Waals surface area contributed by atoms with Gasteiger partial charge in [0.25, 0.3) is 0 Å². The first kappa shape index (κ1) is 26.1. The summed E-state index contributed by atoms with van der Waals surface area (Å²) in [6.45, 7) is 0. The molecule has 200 valence electrons. The monoisotopic (exact) mass is 556 g/mol. The Morgan fingerprint density at radius 2 is 1.50 bits per heavy atom. The average molecular weight is 557 g/mol. The molecular weight excluding hydrogens is 533 g/mol. The number of hydrogen-bond acceptors (Lipinski definition) is 3. The van der Waals surface area contributed by atoms with Crippen molar-refractivity contribution in [3.63, 3.8) is 0 Å². The molecule has 0 bridgehead atoms. The lowest BCUT2D eigenvalue weighted by atomic mass is 9.69. The molecule has 5 aromatic carbocycles. The topological polar surface area (TPSA) is 51.2 Å². The minimum absolute atomic E-state index is 0.140. The Hall–Kier alpha value is -4.10. The average Bonchev–Trinajstić information content (AvgIpc) is 2.94. The van der Waals surface area contributed by atoms with Crippen LogP contribution in [0.25, 0.3) is 21.5 Å². The maximum absolute atomic E-state index is 14.1. The van der Waals surface area contributed by atoms with E-state index in [1.165, 1.54) is 12.1 Å². The van der Waals surface area contributed by atoms with Gasteiger partial charge in [-0.15, -0.1) is 0 Å². The third-order valence-electron chi connectivity index (χ3n) is 7.70. The molecule has 3 atom stereocenters. The van der Waals surface area contributed by atoms with Crippen molar-refractivity contribution < 1.29 is 27.0 Å². The second-order valence-electron chi connectivity index (χ2n) is 10.1. The van der Waals surface area contributed by atoms with Gasteiger partial charge in [0.05, 0.1) is 17.4 Å². The Morgan fingerprint density at radius 1 is 0.775 bits per heavy atom. The quantitative estimate of drug-likeness (QED) is 0.170. The van der Waals surface area contributed by atoms with E-state index in [9.17, 15) is 27.0 Å². The van der Waals surface area contributed by atoms with Gasteiger partial charge in [-0.3, -0.25) is 13.8 Å². The molecule has 3 nitrogen and oxygen atoms in total. The first-order valence-electron chi connectivity index (χ1n) is 12.8. The number of ketones is 2. The summed E-state index contributed by atoms with van der Waals surface area (Å²) in [5, 5.41) is 3.55. The lowest BCUT2D eigenvalue weighted by molar-refractivity contribution is -0.137. The smallest absolute Gasteiger partial charge is 0.298 e. The van der Waals surface area contributed by atoms with Crippen LogP contribution >= 0.6 is 0 Å². The van der Waals surface area contributed by atoms with Gasteiger partial charge in [-0.1, -0.05) is 78.9 Å². The second kappa shape index (κ2) is 9.82. The Kier molecular flexibility index (Phi) is 6.42. The zero-order chi connectivity index (χ0) is 28.2. The van der Waals surface area contributed by atoms with Crippen LogP contribution < -0.4 is 0 Å². The van der Waals surface area contributed by atoms with Crippen molar-refractivity contribution in [2.75, 3.05) is 6.26 Å². The summed E-state index contributed by atoms with van der Waals surface area (Å²) in [7, 11) is -1.21.